The molecule has 0 N–H and O–H groups in total. The second-order valence-corrected chi connectivity index (χ2v) is 3.81. The first-order valence-corrected chi connectivity index (χ1v) is 5.58. The smallest absolute Gasteiger partial charge is 0.309 e. The van der Waals surface area contributed by atoms with Gasteiger partial charge in [0.25, 0.3) is 0 Å². The van der Waals surface area contributed by atoms with Crippen LogP contribution < -0.4 is 9.47 Å². The molecule has 1 aromatic rings. The predicted molar refractivity (Wildman–Crippen MR) is 64.3 cm³/mol. The van der Waals surface area contributed by atoms with Gasteiger partial charge in [-0.3, -0.25) is 4.79 Å². The highest BCUT2D eigenvalue weighted by Gasteiger charge is 2.05. The normalized spacial score (nSPS) is 10.1. The second kappa shape index (κ2) is 6.78. The average Bonchev–Trinajstić information content (AvgIpc) is 2.29. The van der Waals surface area contributed by atoms with E-state index in [1.165, 1.54) is 0 Å². The first kappa shape index (κ1) is 13.4. The Morgan fingerprint density at radius 1 is 1.18 bits per heavy atom. The van der Waals surface area contributed by atoms with Gasteiger partial charge in [-0.25, -0.2) is 0 Å². The fraction of sp³-hybridized carbons (Fsp3) is 0.462. The summed E-state index contributed by atoms with van der Waals surface area (Å²) in [5.74, 6) is 1.24. The molecule has 1 rings (SSSR count). The Morgan fingerprint density at radius 3 is 2.29 bits per heavy atom. The fourth-order valence-electron chi connectivity index (χ4n) is 1.25. The van der Waals surface area contributed by atoms with Crippen molar-refractivity contribution < 1.29 is 19.0 Å². The third-order valence-corrected chi connectivity index (χ3v) is 2.00. The molecule has 0 aromatic heterocycles. The van der Waals surface area contributed by atoms with Crippen molar-refractivity contribution in [2.75, 3.05) is 13.7 Å². The standard InChI is InChI=1S/C13H18O4/c1-10(2)17-13(14)8-9-16-12-6-4-11(15-3)5-7-12/h4-7,10H,8-9H2,1-3H3. The molecule has 1 aromatic carbocycles. The van der Waals surface area contributed by atoms with Gasteiger partial charge in [-0.15, -0.1) is 0 Å². The number of benzene rings is 1. The summed E-state index contributed by atoms with van der Waals surface area (Å²) in [4.78, 5) is 11.2. The van der Waals surface area contributed by atoms with E-state index in [0.29, 0.717) is 12.4 Å². The van der Waals surface area contributed by atoms with Gasteiger partial charge in [0, 0.05) is 0 Å². The van der Waals surface area contributed by atoms with Crippen LogP contribution in [-0.4, -0.2) is 25.8 Å². The van der Waals surface area contributed by atoms with Gasteiger partial charge in [0.1, 0.15) is 11.5 Å². The molecule has 0 saturated heterocycles. The number of rotatable bonds is 6. The molecule has 0 radical (unpaired) electrons. The van der Waals surface area contributed by atoms with Gasteiger partial charge in [0.2, 0.25) is 0 Å². The molecule has 0 saturated carbocycles. The molecule has 0 bridgehead atoms. The third-order valence-electron chi connectivity index (χ3n) is 2.00. The average molecular weight is 238 g/mol. The number of hydrogen-bond donors (Lipinski definition) is 0. The van der Waals surface area contributed by atoms with Gasteiger partial charge in [0.15, 0.2) is 0 Å². The lowest BCUT2D eigenvalue weighted by molar-refractivity contribution is -0.147. The van der Waals surface area contributed by atoms with Crippen LogP contribution in [-0.2, 0) is 9.53 Å². The number of ether oxygens (including phenoxy) is 3. The van der Waals surface area contributed by atoms with Gasteiger partial charge < -0.3 is 14.2 Å². The number of carbonyl (C=O) groups is 1. The Balaban J connectivity index is 2.28. The lowest BCUT2D eigenvalue weighted by Crippen LogP contribution is -2.14. The largest absolute Gasteiger partial charge is 0.497 e. The highest BCUT2D eigenvalue weighted by Crippen LogP contribution is 2.17. The third kappa shape index (κ3) is 5.24. The molecule has 4 heteroatoms. The molecule has 94 valence electrons. The highest BCUT2D eigenvalue weighted by atomic mass is 16.5. The second-order valence-electron chi connectivity index (χ2n) is 3.81. The van der Waals surface area contributed by atoms with Crippen LogP contribution >= 0.6 is 0 Å². The zero-order valence-electron chi connectivity index (χ0n) is 10.4. The molecular weight excluding hydrogens is 220 g/mol. The molecule has 0 fully saturated rings. The minimum atomic E-state index is -0.242. The lowest BCUT2D eigenvalue weighted by atomic mass is 10.3. The van der Waals surface area contributed by atoms with Crippen molar-refractivity contribution in [3.05, 3.63) is 24.3 Å². The number of methoxy groups -OCH3 is 1. The van der Waals surface area contributed by atoms with Gasteiger partial charge in [0.05, 0.1) is 26.2 Å². The maximum atomic E-state index is 11.2. The van der Waals surface area contributed by atoms with E-state index in [9.17, 15) is 4.79 Å². The minimum absolute atomic E-state index is 0.0801. The zero-order chi connectivity index (χ0) is 12.7. The van der Waals surface area contributed by atoms with E-state index in [2.05, 4.69) is 0 Å². The van der Waals surface area contributed by atoms with Crippen molar-refractivity contribution >= 4 is 5.97 Å². The quantitative estimate of drug-likeness (QED) is 0.714. The number of hydrogen-bond acceptors (Lipinski definition) is 4. The minimum Gasteiger partial charge on any atom is -0.497 e. The van der Waals surface area contributed by atoms with Crippen LogP contribution in [0.15, 0.2) is 24.3 Å². The molecule has 4 nitrogen and oxygen atoms in total. The summed E-state index contributed by atoms with van der Waals surface area (Å²) in [6.45, 7) is 3.96. The van der Waals surface area contributed by atoms with Gasteiger partial charge in [-0.2, -0.15) is 0 Å². The van der Waals surface area contributed by atoms with E-state index < -0.39 is 0 Å². The summed E-state index contributed by atoms with van der Waals surface area (Å²) in [5.41, 5.74) is 0. The predicted octanol–water partition coefficient (Wildman–Crippen LogP) is 2.42. The summed E-state index contributed by atoms with van der Waals surface area (Å²) in [6.07, 6.45) is 0.174. The van der Waals surface area contributed by atoms with Crippen LogP contribution in [0.2, 0.25) is 0 Å². The number of esters is 1. The van der Waals surface area contributed by atoms with Crippen LogP contribution in [0.25, 0.3) is 0 Å². The Bertz CT molecular complexity index is 343. The van der Waals surface area contributed by atoms with Crippen LogP contribution in [0.5, 0.6) is 11.5 Å². The van der Waals surface area contributed by atoms with Crippen molar-refractivity contribution in [2.24, 2.45) is 0 Å². The molecule has 0 spiro atoms. The Hall–Kier alpha value is -1.71. The molecule has 0 aliphatic heterocycles. The van der Waals surface area contributed by atoms with Crippen LogP contribution in [0.3, 0.4) is 0 Å². The molecule has 0 heterocycles. The van der Waals surface area contributed by atoms with Crippen molar-refractivity contribution in [1.29, 1.82) is 0 Å². The van der Waals surface area contributed by atoms with Crippen molar-refractivity contribution in [2.45, 2.75) is 26.4 Å². The SMILES string of the molecule is COc1ccc(OCCC(=O)OC(C)C)cc1. The van der Waals surface area contributed by atoms with Crippen molar-refractivity contribution in [3.8, 4) is 11.5 Å². The summed E-state index contributed by atoms with van der Waals surface area (Å²) < 4.78 is 15.4. The van der Waals surface area contributed by atoms with E-state index in [1.54, 1.807) is 19.2 Å². The summed E-state index contributed by atoms with van der Waals surface area (Å²) in [6, 6.07) is 7.21. The van der Waals surface area contributed by atoms with E-state index in [1.807, 2.05) is 26.0 Å². The molecule has 17 heavy (non-hydrogen) atoms. The highest BCUT2D eigenvalue weighted by molar-refractivity contribution is 5.69. The molecule has 0 amide bonds. The molecule has 0 atom stereocenters. The van der Waals surface area contributed by atoms with E-state index >= 15 is 0 Å². The van der Waals surface area contributed by atoms with E-state index in [-0.39, 0.29) is 18.5 Å². The van der Waals surface area contributed by atoms with Crippen molar-refractivity contribution in [1.82, 2.24) is 0 Å². The molecule has 0 unspecified atom stereocenters. The Morgan fingerprint density at radius 2 is 1.76 bits per heavy atom. The number of carbonyl (C=O) groups excluding carboxylic acids is 1. The monoisotopic (exact) mass is 238 g/mol. The fourth-order valence-corrected chi connectivity index (χ4v) is 1.25. The van der Waals surface area contributed by atoms with Crippen LogP contribution in [0.4, 0.5) is 0 Å². The summed E-state index contributed by atoms with van der Waals surface area (Å²) in [7, 11) is 1.61. The summed E-state index contributed by atoms with van der Waals surface area (Å²) in [5, 5.41) is 0. The first-order chi connectivity index (χ1) is 8.11. The zero-order valence-corrected chi connectivity index (χ0v) is 10.4. The Kier molecular flexibility index (Phi) is 5.33. The molecule has 0 aliphatic rings. The summed E-state index contributed by atoms with van der Waals surface area (Å²) >= 11 is 0. The van der Waals surface area contributed by atoms with Gasteiger partial charge >= 0.3 is 5.97 Å². The topological polar surface area (TPSA) is 44.8 Å². The van der Waals surface area contributed by atoms with Gasteiger partial charge in [-0.1, -0.05) is 0 Å². The maximum Gasteiger partial charge on any atom is 0.309 e. The van der Waals surface area contributed by atoms with Crippen LogP contribution in [0, 0.1) is 0 Å². The Labute approximate surface area is 101 Å². The van der Waals surface area contributed by atoms with Gasteiger partial charge in [-0.05, 0) is 38.1 Å². The lowest BCUT2D eigenvalue weighted by Gasteiger charge is -2.09. The van der Waals surface area contributed by atoms with E-state index in [0.717, 1.165) is 5.75 Å². The maximum absolute atomic E-state index is 11.2. The first-order valence-electron chi connectivity index (χ1n) is 5.58. The molecular formula is C13H18O4. The van der Waals surface area contributed by atoms with E-state index in [4.69, 9.17) is 14.2 Å². The molecule has 0 aliphatic carbocycles. The van der Waals surface area contributed by atoms with Crippen LogP contribution in [0.1, 0.15) is 20.3 Å². The van der Waals surface area contributed by atoms with Crippen molar-refractivity contribution in [3.63, 3.8) is 0 Å².